The van der Waals surface area contributed by atoms with Crippen LogP contribution in [0.15, 0.2) is 54.7 Å². The molecule has 4 aromatic rings. The lowest BCUT2D eigenvalue weighted by atomic mass is 9.98. The van der Waals surface area contributed by atoms with Crippen molar-refractivity contribution in [2.45, 2.75) is 12.8 Å². The number of phenolic OH excluding ortho intramolecular Hbond substituents is 1. The van der Waals surface area contributed by atoms with Gasteiger partial charge < -0.3 is 25.5 Å². The summed E-state index contributed by atoms with van der Waals surface area (Å²) in [5.41, 5.74) is 5.68. The molecule has 0 saturated carbocycles. The van der Waals surface area contributed by atoms with Crippen molar-refractivity contribution in [3.8, 4) is 22.8 Å². The van der Waals surface area contributed by atoms with Gasteiger partial charge in [0, 0.05) is 66.0 Å². The number of piperidine rings is 1. The molecule has 10 nitrogen and oxygen atoms in total. The summed E-state index contributed by atoms with van der Waals surface area (Å²) >= 11 is 6.44. The summed E-state index contributed by atoms with van der Waals surface area (Å²) in [4.78, 5) is 22.3. The molecule has 2 aromatic heterocycles. The number of rotatable bonds is 9. The Morgan fingerprint density at radius 2 is 2.08 bits per heavy atom. The molecule has 3 heterocycles. The summed E-state index contributed by atoms with van der Waals surface area (Å²) in [5.74, 6) is 2.08. The van der Waals surface area contributed by atoms with E-state index in [0.29, 0.717) is 37.4 Å². The van der Waals surface area contributed by atoms with Crippen LogP contribution in [-0.4, -0.2) is 71.4 Å². The van der Waals surface area contributed by atoms with Crippen molar-refractivity contribution in [2.75, 3.05) is 51.0 Å². The number of nitrogens with zero attached hydrogens (tertiary/aromatic N) is 4. The number of likely N-dealkylation sites (tertiary alicyclic amines) is 1. The lowest BCUT2D eigenvalue weighted by molar-refractivity contribution is -0.105. The molecule has 12 heteroatoms. The third kappa shape index (κ3) is 7.61. The molecule has 1 fully saturated rings. The van der Waals surface area contributed by atoms with Gasteiger partial charge >= 0.3 is 0 Å². The molecule has 0 bridgehead atoms. The molecule has 1 saturated heterocycles. The SMILES string of the molecule is CNOc1cc(O)cc(NC=O)c1.CPc1cnn2c(NCC3CCCN(C)C3)cc(-c3ccccc3Cl)nc12. The van der Waals surface area contributed by atoms with Crippen LogP contribution < -0.4 is 26.3 Å². The van der Waals surface area contributed by atoms with Gasteiger partial charge in [-0.3, -0.25) is 4.79 Å². The number of anilines is 2. The Labute approximate surface area is 240 Å². The molecule has 2 atom stereocenters. The van der Waals surface area contributed by atoms with E-state index in [9.17, 15) is 9.90 Å². The number of nitrogens with one attached hydrogen (secondary N) is 3. The van der Waals surface area contributed by atoms with E-state index in [1.54, 1.807) is 13.1 Å². The van der Waals surface area contributed by atoms with Gasteiger partial charge in [0.05, 0.1) is 11.9 Å². The van der Waals surface area contributed by atoms with Gasteiger partial charge in [0.25, 0.3) is 0 Å². The van der Waals surface area contributed by atoms with Crippen LogP contribution in [0.4, 0.5) is 11.5 Å². The van der Waals surface area contributed by atoms with E-state index in [-0.39, 0.29) is 5.75 Å². The minimum absolute atomic E-state index is 0.0251. The van der Waals surface area contributed by atoms with E-state index in [2.05, 4.69) is 45.9 Å². The number of phenols is 1. The molecule has 0 aliphatic carbocycles. The zero-order valence-electron chi connectivity index (χ0n) is 22.8. The largest absolute Gasteiger partial charge is 0.508 e. The number of carbonyl (C=O) groups is 1. The highest BCUT2D eigenvalue weighted by molar-refractivity contribution is 7.46. The highest BCUT2D eigenvalue weighted by Crippen LogP contribution is 2.29. The van der Waals surface area contributed by atoms with E-state index in [1.807, 2.05) is 35.0 Å². The van der Waals surface area contributed by atoms with Crippen molar-refractivity contribution >= 4 is 49.0 Å². The lowest BCUT2D eigenvalue weighted by Crippen LogP contribution is -2.35. The van der Waals surface area contributed by atoms with Crippen LogP contribution in [0.5, 0.6) is 11.5 Å². The minimum Gasteiger partial charge on any atom is -0.508 e. The van der Waals surface area contributed by atoms with Crippen molar-refractivity contribution < 1.29 is 14.7 Å². The number of hydrogen-bond donors (Lipinski definition) is 4. The highest BCUT2D eigenvalue weighted by Gasteiger charge is 2.19. The highest BCUT2D eigenvalue weighted by atomic mass is 35.5. The Kier molecular flexibility index (Phi) is 10.5. The van der Waals surface area contributed by atoms with Crippen LogP contribution in [0.2, 0.25) is 5.02 Å². The Balaban J connectivity index is 0.000000240. The second kappa shape index (κ2) is 14.3. The number of aromatic hydroxyl groups is 1. The number of carbonyl (C=O) groups excluding carboxylic acids is 1. The van der Waals surface area contributed by atoms with Crippen molar-refractivity contribution in [3.63, 3.8) is 0 Å². The quantitative estimate of drug-likeness (QED) is 0.132. The number of benzene rings is 2. The molecular formula is C28H35ClN7O3P. The van der Waals surface area contributed by atoms with Gasteiger partial charge in [-0.15, -0.1) is 0 Å². The van der Waals surface area contributed by atoms with Crippen molar-refractivity contribution in [2.24, 2.45) is 5.92 Å². The summed E-state index contributed by atoms with van der Waals surface area (Å²) in [5, 5.41) is 21.7. The first kappa shape index (κ1) is 29.6. The maximum Gasteiger partial charge on any atom is 0.211 e. The zero-order valence-corrected chi connectivity index (χ0v) is 24.6. The number of hydroxylamine groups is 1. The first-order valence-corrected chi connectivity index (χ1v) is 14.9. The predicted molar refractivity (Wildman–Crippen MR) is 163 cm³/mol. The lowest BCUT2D eigenvalue weighted by Gasteiger charge is -2.30. The summed E-state index contributed by atoms with van der Waals surface area (Å²) in [6, 6.07) is 14.3. The fourth-order valence-electron chi connectivity index (χ4n) is 4.67. The maximum atomic E-state index is 10.1. The van der Waals surface area contributed by atoms with Crippen LogP contribution in [0.1, 0.15) is 12.8 Å². The molecule has 2 aromatic carbocycles. The standard InChI is InChI=1S/C20H25ClN5P.C8H10N2O3/c1-25-9-5-6-14(13-25)11-22-19-10-17(15-7-3-4-8-16(15)21)24-20-18(27-2)12-23-26(19)20;1-9-13-8-3-6(10-5-11)2-7(12)4-8/h3-4,7-8,10,12,14,22,27H,5-6,9,11,13H2,1-2H3;2-5,9,12H,1H3,(H,10,11). The first-order chi connectivity index (χ1) is 19.4. The van der Waals surface area contributed by atoms with E-state index in [4.69, 9.17) is 21.4 Å². The molecular weight excluding hydrogens is 549 g/mol. The fourth-order valence-corrected chi connectivity index (χ4v) is 5.48. The van der Waals surface area contributed by atoms with Gasteiger partial charge in [0.15, 0.2) is 11.4 Å². The van der Waals surface area contributed by atoms with Crippen LogP contribution >= 0.6 is 20.2 Å². The predicted octanol–water partition coefficient (Wildman–Crippen LogP) is 4.21. The third-order valence-electron chi connectivity index (χ3n) is 6.52. The van der Waals surface area contributed by atoms with Gasteiger partial charge in [0.1, 0.15) is 11.6 Å². The number of amides is 1. The Hall–Kier alpha value is -3.43. The third-order valence-corrected chi connectivity index (χ3v) is 7.74. The molecule has 5 rings (SSSR count). The minimum atomic E-state index is 0.0251. The van der Waals surface area contributed by atoms with Gasteiger partial charge in [-0.05, 0) is 45.1 Å². The number of hydrogen-bond acceptors (Lipinski definition) is 8. The molecule has 0 radical (unpaired) electrons. The van der Waals surface area contributed by atoms with E-state index < -0.39 is 0 Å². The van der Waals surface area contributed by atoms with Gasteiger partial charge in [0.2, 0.25) is 6.41 Å². The number of fused-ring (bicyclic) bond motifs is 1. The molecule has 0 spiro atoms. The molecule has 4 N–H and O–H groups in total. The van der Waals surface area contributed by atoms with Gasteiger partial charge in [-0.2, -0.15) is 15.1 Å². The average Bonchev–Trinajstić information content (AvgIpc) is 3.36. The van der Waals surface area contributed by atoms with Crippen LogP contribution in [0.3, 0.4) is 0 Å². The van der Waals surface area contributed by atoms with E-state index in [1.165, 1.54) is 36.8 Å². The fraction of sp³-hybridized carbons (Fsp3) is 0.321. The molecule has 1 amide bonds. The van der Waals surface area contributed by atoms with Crippen molar-refractivity contribution in [1.82, 2.24) is 25.0 Å². The zero-order chi connectivity index (χ0) is 28.5. The first-order valence-electron chi connectivity index (χ1n) is 13.0. The van der Waals surface area contributed by atoms with Gasteiger partial charge in [-0.1, -0.05) is 38.4 Å². The molecule has 40 heavy (non-hydrogen) atoms. The summed E-state index contributed by atoms with van der Waals surface area (Å²) < 4.78 is 1.93. The summed E-state index contributed by atoms with van der Waals surface area (Å²) in [6.07, 6.45) is 4.99. The maximum absolute atomic E-state index is 10.1. The van der Waals surface area contributed by atoms with Crippen LogP contribution in [-0.2, 0) is 4.79 Å². The Bertz CT molecular complexity index is 1430. The topological polar surface area (TPSA) is 116 Å². The van der Waals surface area contributed by atoms with Gasteiger partial charge in [-0.25, -0.2) is 4.98 Å². The van der Waals surface area contributed by atoms with Crippen molar-refractivity contribution in [1.29, 1.82) is 0 Å². The Morgan fingerprint density at radius 3 is 2.80 bits per heavy atom. The molecule has 2 unspecified atom stereocenters. The molecule has 1 aliphatic rings. The van der Waals surface area contributed by atoms with E-state index in [0.717, 1.165) is 35.8 Å². The summed E-state index contributed by atoms with van der Waals surface area (Å²) in [6.45, 7) is 5.44. The average molecular weight is 584 g/mol. The number of aromatic nitrogens is 3. The van der Waals surface area contributed by atoms with Crippen LogP contribution in [0, 0.1) is 5.92 Å². The number of halogens is 1. The molecule has 1 aliphatic heterocycles. The second-order valence-electron chi connectivity index (χ2n) is 9.49. The monoisotopic (exact) mass is 583 g/mol. The Morgan fingerprint density at radius 1 is 1.25 bits per heavy atom. The second-order valence-corrected chi connectivity index (χ2v) is 10.9. The summed E-state index contributed by atoms with van der Waals surface area (Å²) in [7, 11) is 4.44. The van der Waals surface area contributed by atoms with E-state index >= 15 is 0 Å². The normalized spacial score (nSPS) is 15.6. The smallest absolute Gasteiger partial charge is 0.211 e. The molecule has 212 valence electrons. The van der Waals surface area contributed by atoms with Crippen LogP contribution in [0.25, 0.3) is 16.9 Å². The van der Waals surface area contributed by atoms with Crippen molar-refractivity contribution in [3.05, 3.63) is 59.8 Å².